The van der Waals surface area contributed by atoms with E-state index in [1.165, 1.54) is 5.57 Å². The minimum Gasteiger partial charge on any atom is -0.465 e. The van der Waals surface area contributed by atoms with Crippen molar-refractivity contribution in [3.8, 4) is 0 Å². The smallest absolute Gasteiger partial charge is 0.126 e. The summed E-state index contributed by atoms with van der Waals surface area (Å²) in [7, 11) is 1.72. The van der Waals surface area contributed by atoms with Crippen LogP contribution in [0.2, 0.25) is 0 Å². The van der Waals surface area contributed by atoms with Gasteiger partial charge in [0, 0.05) is 32.2 Å². The van der Waals surface area contributed by atoms with E-state index in [0.717, 1.165) is 51.3 Å². The van der Waals surface area contributed by atoms with E-state index >= 15 is 0 Å². The van der Waals surface area contributed by atoms with Crippen molar-refractivity contribution in [2.45, 2.75) is 26.2 Å². The first-order valence-electron chi connectivity index (χ1n) is 7.70. The Balaban J connectivity index is 1.94. The van der Waals surface area contributed by atoms with Crippen LogP contribution in [0.1, 0.15) is 31.9 Å². The predicted octanol–water partition coefficient (Wildman–Crippen LogP) is 2.79. The monoisotopic (exact) mass is 293 g/mol. The fourth-order valence-electron chi connectivity index (χ4n) is 3.19. The second kappa shape index (κ2) is 7.78. The van der Waals surface area contributed by atoms with Crippen molar-refractivity contribution in [1.82, 2.24) is 4.90 Å². The molecule has 0 aliphatic carbocycles. The summed E-state index contributed by atoms with van der Waals surface area (Å²) in [6.45, 7) is 6.06. The Bertz CT molecular complexity index is 441. The summed E-state index contributed by atoms with van der Waals surface area (Å²) in [5.41, 5.74) is 1.28. The summed E-state index contributed by atoms with van der Waals surface area (Å²) in [5.74, 6) is 0.900. The molecule has 4 nitrogen and oxygen atoms in total. The summed E-state index contributed by atoms with van der Waals surface area (Å²) in [6, 6.07) is 3.87. The molecule has 0 aromatic carbocycles. The summed E-state index contributed by atoms with van der Waals surface area (Å²) in [6.07, 6.45) is 6.94. The number of ether oxygens (including phenoxy) is 1. The molecular formula is C17H27NO3. The molecule has 1 aromatic rings. The molecule has 4 heteroatoms. The normalized spacial score (nSPS) is 24.4. The number of nitrogens with zero attached hydrogens (tertiary/aromatic N) is 1. The Morgan fingerprint density at radius 3 is 3.10 bits per heavy atom. The average molecular weight is 293 g/mol. The molecule has 1 saturated heterocycles. The molecule has 1 aliphatic rings. The van der Waals surface area contributed by atoms with Crippen molar-refractivity contribution >= 4 is 6.08 Å². The fourth-order valence-corrected chi connectivity index (χ4v) is 3.19. The molecule has 21 heavy (non-hydrogen) atoms. The fraction of sp³-hybridized carbons (Fsp3) is 0.647. The third kappa shape index (κ3) is 4.70. The van der Waals surface area contributed by atoms with Gasteiger partial charge in [0.25, 0.3) is 0 Å². The topological polar surface area (TPSA) is 45.8 Å². The van der Waals surface area contributed by atoms with Crippen LogP contribution in [0.15, 0.2) is 28.4 Å². The third-order valence-corrected chi connectivity index (χ3v) is 4.32. The standard InChI is InChI=1S/C17H27NO3/c1-15(11-16-5-3-9-21-16)12-18-8-4-6-17(13-18,14-19)7-10-20-2/h3,5,9,11,19H,4,6-8,10,12-14H2,1-2H3/b15-11+/t17-/m0/s1. The maximum Gasteiger partial charge on any atom is 0.126 e. The molecule has 1 aliphatic heterocycles. The van der Waals surface area contributed by atoms with E-state index in [4.69, 9.17) is 9.15 Å². The van der Waals surface area contributed by atoms with Gasteiger partial charge in [0.2, 0.25) is 0 Å². The number of furan rings is 1. The molecule has 0 radical (unpaired) electrons. The van der Waals surface area contributed by atoms with E-state index in [-0.39, 0.29) is 12.0 Å². The van der Waals surface area contributed by atoms with E-state index in [9.17, 15) is 5.11 Å². The van der Waals surface area contributed by atoms with Crippen LogP contribution >= 0.6 is 0 Å². The lowest BCUT2D eigenvalue weighted by atomic mass is 9.78. The van der Waals surface area contributed by atoms with Gasteiger partial charge in [-0.1, -0.05) is 5.57 Å². The van der Waals surface area contributed by atoms with Gasteiger partial charge >= 0.3 is 0 Å². The van der Waals surface area contributed by atoms with Crippen LogP contribution < -0.4 is 0 Å². The van der Waals surface area contributed by atoms with E-state index in [1.807, 2.05) is 12.1 Å². The Morgan fingerprint density at radius 2 is 2.43 bits per heavy atom. The van der Waals surface area contributed by atoms with Crippen LogP contribution in [-0.2, 0) is 4.74 Å². The van der Waals surface area contributed by atoms with E-state index in [0.29, 0.717) is 0 Å². The Hall–Kier alpha value is -1.10. The molecule has 2 rings (SSSR count). The number of aliphatic hydroxyl groups excluding tert-OH is 1. The van der Waals surface area contributed by atoms with Gasteiger partial charge in [-0.25, -0.2) is 0 Å². The lowest BCUT2D eigenvalue weighted by Crippen LogP contribution is -2.46. The highest BCUT2D eigenvalue weighted by atomic mass is 16.5. The molecule has 118 valence electrons. The van der Waals surface area contributed by atoms with E-state index in [1.54, 1.807) is 13.4 Å². The van der Waals surface area contributed by atoms with Crippen LogP contribution in [0.25, 0.3) is 6.08 Å². The number of hydrogen-bond donors (Lipinski definition) is 1. The van der Waals surface area contributed by atoms with Gasteiger partial charge in [0.05, 0.1) is 12.9 Å². The number of hydrogen-bond acceptors (Lipinski definition) is 4. The Morgan fingerprint density at radius 1 is 1.57 bits per heavy atom. The molecule has 0 saturated carbocycles. The molecule has 1 aromatic heterocycles. The number of methoxy groups -OCH3 is 1. The molecule has 0 spiro atoms. The van der Waals surface area contributed by atoms with Crippen LogP contribution in [0, 0.1) is 5.41 Å². The zero-order valence-corrected chi connectivity index (χ0v) is 13.2. The number of rotatable bonds is 7. The van der Waals surface area contributed by atoms with Gasteiger partial charge < -0.3 is 14.3 Å². The third-order valence-electron chi connectivity index (χ3n) is 4.32. The summed E-state index contributed by atoms with van der Waals surface area (Å²) in [5, 5.41) is 9.82. The number of piperidine rings is 1. The van der Waals surface area contributed by atoms with Gasteiger partial charge in [-0.15, -0.1) is 0 Å². The van der Waals surface area contributed by atoms with Crippen molar-refractivity contribution in [3.05, 3.63) is 29.7 Å². The van der Waals surface area contributed by atoms with Crippen LogP contribution in [0.4, 0.5) is 0 Å². The number of aliphatic hydroxyl groups is 1. The second-order valence-corrected chi connectivity index (χ2v) is 6.22. The SMILES string of the molecule is COCC[C@@]1(CO)CCCN(C/C(C)=C/c2ccco2)C1. The summed E-state index contributed by atoms with van der Waals surface area (Å²) >= 11 is 0. The lowest BCUT2D eigenvalue weighted by Gasteiger charge is -2.42. The molecule has 1 N–H and O–H groups in total. The van der Waals surface area contributed by atoms with Crippen LogP contribution in [-0.4, -0.2) is 50.0 Å². The highest BCUT2D eigenvalue weighted by Crippen LogP contribution is 2.33. The maximum absolute atomic E-state index is 9.82. The van der Waals surface area contributed by atoms with Gasteiger partial charge in [-0.3, -0.25) is 4.90 Å². The first kappa shape index (κ1) is 16.3. The Kier molecular flexibility index (Phi) is 6.03. The van der Waals surface area contributed by atoms with Gasteiger partial charge in [0.1, 0.15) is 5.76 Å². The number of likely N-dealkylation sites (tertiary alicyclic amines) is 1. The first-order valence-corrected chi connectivity index (χ1v) is 7.70. The molecular weight excluding hydrogens is 266 g/mol. The first-order chi connectivity index (χ1) is 10.2. The van der Waals surface area contributed by atoms with Crippen molar-refractivity contribution in [2.75, 3.05) is 40.0 Å². The van der Waals surface area contributed by atoms with Crippen LogP contribution in [0.5, 0.6) is 0 Å². The summed E-state index contributed by atoms with van der Waals surface area (Å²) < 4.78 is 10.6. The maximum atomic E-state index is 9.82. The highest BCUT2D eigenvalue weighted by Gasteiger charge is 2.34. The molecule has 2 heterocycles. The van der Waals surface area contributed by atoms with Crippen molar-refractivity contribution < 1.29 is 14.3 Å². The van der Waals surface area contributed by atoms with Crippen LogP contribution in [0.3, 0.4) is 0 Å². The second-order valence-electron chi connectivity index (χ2n) is 6.22. The van der Waals surface area contributed by atoms with Crippen molar-refractivity contribution in [2.24, 2.45) is 5.41 Å². The van der Waals surface area contributed by atoms with E-state index in [2.05, 4.69) is 17.9 Å². The Labute approximate surface area is 127 Å². The van der Waals surface area contributed by atoms with Gasteiger partial charge in [-0.05, 0) is 50.9 Å². The highest BCUT2D eigenvalue weighted by molar-refractivity contribution is 5.46. The lowest BCUT2D eigenvalue weighted by molar-refractivity contribution is 0.0107. The predicted molar refractivity (Wildman–Crippen MR) is 84.0 cm³/mol. The van der Waals surface area contributed by atoms with Crippen molar-refractivity contribution in [1.29, 1.82) is 0 Å². The molecule has 0 bridgehead atoms. The minimum atomic E-state index is -0.000772. The molecule has 0 amide bonds. The zero-order chi connectivity index (χ0) is 15.1. The molecule has 0 unspecified atom stereocenters. The average Bonchev–Trinajstić information content (AvgIpc) is 2.98. The minimum absolute atomic E-state index is 0.000772. The molecule has 1 atom stereocenters. The van der Waals surface area contributed by atoms with Crippen molar-refractivity contribution in [3.63, 3.8) is 0 Å². The molecule has 1 fully saturated rings. The largest absolute Gasteiger partial charge is 0.465 e. The van der Waals surface area contributed by atoms with Gasteiger partial charge in [-0.2, -0.15) is 0 Å². The quantitative estimate of drug-likeness (QED) is 0.839. The van der Waals surface area contributed by atoms with Gasteiger partial charge in [0.15, 0.2) is 0 Å². The summed E-state index contributed by atoms with van der Waals surface area (Å²) in [4.78, 5) is 2.43. The zero-order valence-electron chi connectivity index (χ0n) is 13.2. The van der Waals surface area contributed by atoms with E-state index < -0.39 is 0 Å².